The number of carbonyl (C=O) groups is 1. The largest absolute Gasteiger partial charge is 0.339 e. The van der Waals surface area contributed by atoms with Gasteiger partial charge in [0.2, 0.25) is 5.91 Å². The monoisotopic (exact) mass is 235 g/mol. The lowest BCUT2D eigenvalue weighted by molar-refractivity contribution is -0.132. The average molecular weight is 235 g/mol. The van der Waals surface area contributed by atoms with Crippen molar-refractivity contribution in [3.63, 3.8) is 0 Å². The molecule has 1 amide bonds. The Morgan fingerprint density at radius 2 is 2.18 bits per heavy atom. The second-order valence-corrected chi connectivity index (χ2v) is 4.75. The highest BCUT2D eigenvalue weighted by atomic mass is 16.2. The van der Waals surface area contributed by atoms with Gasteiger partial charge in [-0.25, -0.2) is 0 Å². The van der Waals surface area contributed by atoms with Crippen LogP contribution in [0.3, 0.4) is 0 Å². The van der Waals surface area contributed by atoms with E-state index in [0.717, 1.165) is 5.69 Å². The molecule has 4 heteroatoms. The second kappa shape index (κ2) is 6.35. The van der Waals surface area contributed by atoms with Crippen LogP contribution >= 0.6 is 0 Å². The normalized spacial score (nSPS) is 12.5. The van der Waals surface area contributed by atoms with E-state index in [1.165, 1.54) is 0 Å². The maximum absolute atomic E-state index is 12.0. The van der Waals surface area contributed by atoms with Crippen LogP contribution in [0.15, 0.2) is 24.4 Å². The van der Waals surface area contributed by atoms with E-state index >= 15 is 0 Å². The van der Waals surface area contributed by atoms with Crippen LogP contribution in [0, 0.1) is 5.92 Å². The van der Waals surface area contributed by atoms with E-state index in [0.29, 0.717) is 18.9 Å². The van der Waals surface area contributed by atoms with Crippen LogP contribution in [-0.4, -0.2) is 28.9 Å². The number of likely N-dealkylation sites (N-methyl/N-ethyl adjacent to an activating group) is 1. The van der Waals surface area contributed by atoms with Gasteiger partial charge in [0.25, 0.3) is 0 Å². The number of hydrogen-bond donors (Lipinski definition) is 1. The third-order valence-electron chi connectivity index (χ3n) is 2.54. The van der Waals surface area contributed by atoms with Crippen LogP contribution in [0.25, 0.3) is 0 Å². The van der Waals surface area contributed by atoms with Crippen molar-refractivity contribution in [2.24, 2.45) is 11.7 Å². The summed E-state index contributed by atoms with van der Waals surface area (Å²) in [5.41, 5.74) is 6.74. The molecule has 0 fully saturated rings. The van der Waals surface area contributed by atoms with Gasteiger partial charge in [0, 0.05) is 13.2 Å². The van der Waals surface area contributed by atoms with Crippen LogP contribution in [-0.2, 0) is 11.3 Å². The van der Waals surface area contributed by atoms with Crippen molar-refractivity contribution >= 4 is 5.91 Å². The summed E-state index contributed by atoms with van der Waals surface area (Å²) in [5.74, 6) is 0.404. The zero-order valence-electron chi connectivity index (χ0n) is 10.8. The summed E-state index contributed by atoms with van der Waals surface area (Å²) in [7, 11) is 1.76. The Kier molecular flexibility index (Phi) is 5.10. The standard InChI is InChI=1S/C13H21N3O/c1-10(2)8-12(14)13(17)16(3)9-11-6-4-5-7-15-11/h4-7,10,12H,8-9,14H2,1-3H3/t12-/m0/s1. The Balaban J connectivity index is 2.52. The summed E-state index contributed by atoms with van der Waals surface area (Å²) >= 11 is 0. The summed E-state index contributed by atoms with van der Waals surface area (Å²) in [6, 6.07) is 5.26. The van der Waals surface area contributed by atoms with Crippen molar-refractivity contribution in [3.8, 4) is 0 Å². The van der Waals surface area contributed by atoms with Crippen LogP contribution in [0.2, 0.25) is 0 Å². The van der Waals surface area contributed by atoms with Gasteiger partial charge in [-0.2, -0.15) is 0 Å². The SMILES string of the molecule is CC(C)C[C@H](N)C(=O)N(C)Cc1ccccn1. The molecule has 4 nitrogen and oxygen atoms in total. The minimum atomic E-state index is -0.413. The Morgan fingerprint density at radius 3 is 2.71 bits per heavy atom. The first-order valence-corrected chi connectivity index (χ1v) is 5.91. The minimum absolute atomic E-state index is 0.0237. The molecule has 0 bridgehead atoms. The number of amides is 1. The summed E-state index contributed by atoms with van der Waals surface area (Å²) in [6.45, 7) is 4.63. The van der Waals surface area contributed by atoms with Gasteiger partial charge >= 0.3 is 0 Å². The molecule has 0 aliphatic carbocycles. The molecule has 0 aliphatic heterocycles. The van der Waals surface area contributed by atoms with E-state index in [1.54, 1.807) is 18.1 Å². The second-order valence-electron chi connectivity index (χ2n) is 4.75. The smallest absolute Gasteiger partial charge is 0.239 e. The first-order valence-electron chi connectivity index (χ1n) is 5.91. The van der Waals surface area contributed by atoms with Gasteiger partial charge < -0.3 is 10.6 Å². The maximum Gasteiger partial charge on any atom is 0.239 e. The lowest BCUT2D eigenvalue weighted by atomic mass is 10.0. The van der Waals surface area contributed by atoms with E-state index in [2.05, 4.69) is 18.8 Å². The van der Waals surface area contributed by atoms with Gasteiger partial charge in [-0.3, -0.25) is 9.78 Å². The highest BCUT2D eigenvalue weighted by Gasteiger charge is 2.19. The molecule has 0 spiro atoms. The quantitative estimate of drug-likeness (QED) is 0.839. The molecule has 94 valence electrons. The Bertz CT molecular complexity index is 351. The van der Waals surface area contributed by atoms with E-state index in [9.17, 15) is 4.79 Å². The number of carbonyl (C=O) groups excluding carboxylic acids is 1. The van der Waals surface area contributed by atoms with Crippen molar-refractivity contribution in [2.45, 2.75) is 32.9 Å². The Hall–Kier alpha value is -1.42. The summed E-state index contributed by atoms with van der Waals surface area (Å²) < 4.78 is 0. The zero-order chi connectivity index (χ0) is 12.8. The molecule has 0 saturated carbocycles. The van der Waals surface area contributed by atoms with Crippen molar-refractivity contribution in [1.29, 1.82) is 0 Å². The molecular weight excluding hydrogens is 214 g/mol. The van der Waals surface area contributed by atoms with Crippen LogP contribution in [0.4, 0.5) is 0 Å². The topological polar surface area (TPSA) is 59.2 Å². The summed E-state index contributed by atoms with van der Waals surface area (Å²) in [5, 5.41) is 0. The fourth-order valence-corrected chi connectivity index (χ4v) is 1.70. The van der Waals surface area contributed by atoms with Crippen LogP contribution in [0.1, 0.15) is 26.0 Å². The number of nitrogens with two attached hydrogens (primary N) is 1. The van der Waals surface area contributed by atoms with E-state index in [1.807, 2.05) is 18.2 Å². The van der Waals surface area contributed by atoms with Crippen molar-refractivity contribution in [1.82, 2.24) is 9.88 Å². The maximum atomic E-state index is 12.0. The fourth-order valence-electron chi connectivity index (χ4n) is 1.70. The minimum Gasteiger partial charge on any atom is -0.339 e. The lowest BCUT2D eigenvalue weighted by Gasteiger charge is -2.22. The summed E-state index contributed by atoms with van der Waals surface area (Å²) in [4.78, 5) is 17.8. The number of pyridine rings is 1. The van der Waals surface area contributed by atoms with Gasteiger partial charge in [0.1, 0.15) is 0 Å². The lowest BCUT2D eigenvalue weighted by Crippen LogP contribution is -2.42. The van der Waals surface area contributed by atoms with Crippen LogP contribution < -0.4 is 5.73 Å². The molecule has 1 rings (SSSR count). The molecule has 0 saturated heterocycles. The van der Waals surface area contributed by atoms with Gasteiger partial charge in [0.15, 0.2) is 0 Å². The molecule has 17 heavy (non-hydrogen) atoms. The molecule has 2 N–H and O–H groups in total. The first kappa shape index (κ1) is 13.6. The average Bonchev–Trinajstić information content (AvgIpc) is 2.28. The molecule has 1 aromatic heterocycles. The molecule has 0 radical (unpaired) electrons. The Morgan fingerprint density at radius 1 is 1.47 bits per heavy atom. The van der Waals surface area contributed by atoms with Crippen molar-refractivity contribution < 1.29 is 4.79 Å². The molecular formula is C13H21N3O. The van der Waals surface area contributed by atoms with Gasteiger partial charge in [-0.1, -0.05) is 19.9 Å². The molecule has 1 heterocycles. The van der Waals surface area contributed by atoms with Crippen molar-refractivity contribution in [2.75, 3.05) is 7.05 Å². The van der Waals surface area contributed by atoms with Crippen LogP contribution in [0.5, 0.6) is 0 Å². The molecule has 0 unspecified atom stereocenters. The van der Waals surface area contributed by atoms with E-state index in [-0.39, 0.29) is 5.91 Å². The molecule has 1 aromatic rings. The fraction of sp³-hybridized carbons (Fsp3) is 0.538. The molecule has 0 aromatic carbocycles. The Labute approximate surface area is 103 Å². The highest BCUT2D eigenvalue weighted by Crippen LogP contribution is 2.07. The highest BCUT2D eigenvalue weighted by molar-refractivity contribution is 5.81. The zero-order valence-corrected chi connectivity index (χ0v) is 10.8. The predicted octanol–water partition coefficient (Wildman–Crippen LogP) is 1.41. The third kappa shape index (κ3) is 4.53. The van der Waals surface area contributed by atoms with E-state index < -0.39 is 6.04 Å². The number of hydrogen-bond acceptors (Lipinski definition) is 3. The van der Waals surface area contributed by atoms with Crippen molar-refractivity contribution in [3.05, 3.63) is 30.1 Å². The van der Waals surface area contributed by atoms with Gasteiger partial charge in [0.05, 0.1) is 18.3 Å². The third-order valence-corrected chi connectivity index (χ3v) is 2.54. The number of nitrogens with zero attached hydrogens (tertiary/aromatic N) is 2. The van der Waals surface area contributed by atoms with Gasteiger partial charge in [-0.15, -0.1) is 0 Å². The predicted molar refractivity (Wildman–Crippen MR) is 68.1 cm³/mol. The van der Waals surface area contributed by atoms with Gasteiger partial charge in [-0.05, 0) is 24.5 Å². The summed E-state index contributed by atoms with van der Waals surface area (Å²) in [6.07, 6.45) is 2.44. The molecule has 1 atom stereocenters. The number of rotatable bonds is 5. The molecule has 0 aliphatic rings. The van der Waals surface area contributed by atoms with E-state index in [4.69, 9.17) is 5.73 Å². The number of aromatic nitrogens is 1. The first-order chi connectivity index (χ1) is 8.00.